The number of halogens is 1. The number of nitrogens with two attached hydrogens (primary N) is 1. The fourth-order valence-corrected chi connectivity index (χ4v) is 4.41. The van der Waals surface area contributed by atoms with Gasteiger partial charge in [-0.1, -0.05) is 41.6 Å². The van der Waals surface area contributed by atoms with Crippen molar-refractivity contribution in [3.05, 3.63) is 66.0 Å². The molecular formula is C19H20ClN3O3S. The van der Waals surface area contributed by atoms with Crippen LogP contribution in [0.25, 0.3) is 11.5 Å². The van der Waals surface area contributed by atoms with E-state index in [0.29, 0.717) is 11.4 Å². The minimum Gasteiger partial charge on any atom is -0.334 e. The molecule has 4 rings (SSSR count). The zero-order valence-electron chi connectivity index (χ0n) is 14.5. The summed E-state index contributed by atoms with van der Waals surface area (Å²) in [5.74, 6) is 0.711. The van der Waals surface area contributed by atoms with E-state index in [0.717, 1.165) is 24.8 Å². The number of hydrogen-bond acceptors (Lipinski definition) is 6. The molecule has 6 nitrogen and oxygen atoms in total. The molecule has 8 heteroatoms. The lowest BCUT2D eigenvalue weighted by Crippen LogP contribution is -2.44. The Balaban J connectivity index is 0.00000210. The van der Waals surface area contributed by atoms with Crippen LogP contribution >= 0.6 is 12.4 Å². The number of sulfone groups is 1. The van der Waals surface area contributed by atoms with Gasteiger partial charge >= 0.3 is 0 Å². The Hall–Kier alpha value is -2.22. The predicted octanol–water partition coefficient (Wildman–Crippen LogP) is 3.47. The number of benzene rings is 2. The van der Waals surface area contributed by atoms with Gasteiger partial charge < -0.3 is 10.3 Å². The Kier molecular flexibility index (Phi) is 5.37. The Morgan fingerprint density at radius 1 is 1.07 bits per heavy atom. The maximum absolute atomic E-state index is 12.7. The van der Waals surface area contributed by atoms with Crippen LogP contribution in [0.5, 0.6) is 0 Å². The second-order valence-corrected chi connectivity index (χ2v) is 8.69. The zero-order chi connectivity index (χ0) is 18.2. The maximum Gasteiger partial charge on any atom is 0.258 e. The van der Waals surface area contributed by atoms with Crippen molar-refractivity contribution in [2.24, 2.45) is 5.73 Å². The van der Waals surface area contributed by atoms with E-state index in [1.54, 1.807) is 36.4 Å². The van der Waals surface area contributed by atoms with Gasteiger partial charge in [0.1, 0.15) is 0 Å². The summed E-state index contributed by atoms with van der Waals surface area (Å²) in [4.78, 5) is 4.61. The Morgan fingerprint density at radius 2 is 1.81 bits per heavy atom. The molecule has 0 amide bonds. The SMILES string of the molecule is Cl.NC1(c2noc(-c3cccc(S(=O)(=O)Cc4ccccc4)c3)n2)CCC1. The van der Waals surface area contributed by atoms with Crippen LogP contribution in [0.3, 0.4) is 0 Å². The fraction of sp³-hybridized carbons (Fsp3) is 0.263. The molecule has 0 spiro atoms. The maximum atomic E-state index is 12.7. The molecule has 1 aliphatic rings. The van der Waals surface area contributed by atoms with E-state index in [1.165, 1.54) is 0 Å². The molecule has 0 unspecified atom stereocenters. The van der Waals surface area contributed by atoms with Gasteiger partial charge in [0.25, 0.3) is 5.89 Å². The van der Waals surface area contributed by atoms with E-state index < -0.39 is 15.4 Å². The standard InChI is InChI=1S/C19H19N3O3S.ClH/c20-19(10-5-11-19)18-21-17(25-22-18)15-8-4-9-16(12-15)26(23,24)13-14-6-2-1-3-7-14;/h1-4,6-9,12H,5,10-11,13,20H2;1H. The average molecular weight is 406 g/mol. The first kappa shape index (κ1) is 19.5. The molecule has 1 fully saturated rings. The van der Waals surface area contributed by atoms with E-state index in [4.69, 9.17) is 10.3 Å². The van der Waals surface area contributed by atoms with Crippen molar-refractivity contribution < 1.29 is 12.9 Å². The first-order valence-electron chi connectivity index (χ1n) is 8.47. The summed E-state index contributed by atoms with van der Waals surface area (Å²) in [5.41, 5.74) is 7.02. The zero-order valence-corrected chi connectivity index (χ0v) is 16.2. The highest BCUT2D eigenvalue weighted by Gasteiger charge is 2.39. The molecule has 2 aromatic carbocycles. The van der Waals surface area contributed by atoms with Crippen LogP contribution < -0.4 is 5.73 Å². The summed E-state index contributed by atoms with van der Waals surface area (Å²) in [6, 6.07) is 15.7. The molecule has 1 saturated carbocycles. The molecule has 1 aromatic heterocycles. The van der Waals surface area contributed by atoms with Crippen LogP contribution in [0.2, 0.25) is 0 Å². The third-order valence-corrected chi connectivity index (χ3v) is 6.44. The molecule has 142 valence electrons. The highest BCUT2D eigenvalue weighted by Crippen LogP contribution is 2.37. The van der Waals surface area contributed by atoms with Crippen LogP contribution in [0, 0.1) is 0 Å². The van der Waals surface area contributed by atoms with Crippen LogP contribution in [0.4, 0.5) is 0 Å². The fourth-order valence-electron chi connectivity index (χ4n) is 3.02. The van der Waals surface area contributed by atoms with Gasteiger partial charge in [-0.3, -0.25) is 0 Å². The molecule has 0 radical (unpaired) electrons. The van der Waals surface area contributed by atoms with E-state index in [2.05, 4.69) is 10.1 Å². The van der Waals surface area contributed by atoms with Gasteiger partial charge in [0.2, 0.25) is 0 Å². The summed E-state index contributed by atoms with van der Waals surface area (Å²) < 4.78 is 30.8. The van der Waals surface area contributed by atoms with Crippen LogP contribution in [0.1, 0.15) is 30.7 Å². The lowest BCUT2D eigenvalue weighted by Gasteiger charge is -2.34. The van der Waals surface area contributed by atoms with Gasteiger partial charge in [-0.05, 0) is 43.0 Å². The van der Waals surface area contributed by atoms with Crippen LogP contribution in [-0.2, 0) is 21.1 Å². The molecule has 1 heterocycles. The molecule has 1 aliphatic carbocycles. The van der Waals surface area contributed by atoms with Crippen molar-refractivity contribution >= 4 is 22.2 Å². The quantitative estimate of drug-likeness (QED) is 0.697. The van der Waals surface area contributed by atoms with Crippen molar-refractivity contribution in [3.8, 4) is 11.5 Å². The highest BCUT2D eigenvalue weighted by atomic mass is 35.5. The lowest BCUT2D eigenvalue weighted by molar-refractivity contribution is 0.229. The number of nitrogens with zero attached hydrogens (tertiary/aromatic N) is 2. The van der Waals surface area contributed by atoms with Crippen molar-refractivity contribution in [1.82, 2.24) is 10.1 Å². The number of hydrogen-bond donors (Lipinski definition) is 1. The predicted molar refractivity (Wildman–Crippen MR) is 104 cm³/mol. The minimum absolute atomic E-state index is 0. The average Bonchev–Trinajstić information content (AvgIpc) is 3.11. The van der Waals surface area contributed by atoms with Crippen molar-refractivity contribution in [3.63, 3.8) is 0 Å². The normalized spacial score (nSPS) is 15.6. The largest absolute Gasteiger partial charge is 0.334 e. The topological polar surface area (TPSA) is 99.1 Å². The van der Waals surface area contributed by atoms with Crippen molar-refractivity contribution in [2.75, 3.05) is 0 Å². The van der Waals surface area contributed by atoms with E-state index in [-0.39, 0.29) is 28.9 Å². The first-order chi connectivity index (χ1) is 12.5. The highest BCUT2D eigenvalue weighted by molar-refractivity contribution is 7.90. The molecular weight excluding hydrogens is 386 g/mol. The monoisotopic (exact) mass is 405 g/mol. The summed E-state index contributed by atoms with van der Waals surface area (Å²) in [6.07, 6.45) is 2.71. The van der Waals surface area contributed by atoms with E-state index in [9.17, 15) is 8.42 Å². The third-order valence-electron chi connectivity index (χ3n) is 4.76. The summed E-state index contributed by atoms with van der Waals surface area (Å²) in [6.45, 7) is 0. The molecule has 27 heavy (non-hydrogen) atoms. The van der Waals surface area contributed by atoms with Gasteiger partial charge in [-0.2, -0.15) is 4.98 Å². The molecule has 0 bridgehead atoms. The van der Waals surface area contributed by atoms with Gasteiger partial charge in [0.05, 0.1) is 16.2 Å². The second kappa shape index (κ2) is 7.42. The Bertz CT molecular complexity index is 1030. The summed E-state index contributed by atoms with van der Waals surface area (Å²) in [5, 5.41) is 3.99. The lowest BCUT2D eigenvalue weighted by atomic mass is 9.77. The summed E-state index contributed by atoms with van der Waals surface area (Å²) >= 11 is 0. The van der Waals surface area contributed by atoms with E-state index >= 15 is 0 Å². The van der Waals surface area contributed by atoms with Gasteiger partial charge in [0.15, 0.2) is 15.7 Å². The molecule has 3 aromatic rings. The second-order valence-electron chi connectivity index (χ2n) is 6.71. The van der Waals surface area contributed by atoms with Crippen molar-refractivity contribution in [1.29, 1.82) is 0 Å². The van der Waals surface area contributed by atoms with Gasteiger partial charge in [-0.15, -0.1) is 12.4 Å². The number of aromatic nitrogens is 2. The summed E-state index contributed by atoms with van der Waals surface area (Å²) in [7, 11) is -3.47. The third kappa shape index (κ3) is 3.90. The molecule has 2 N–H and O–H groups in total. The van der Waals surface area contributed by atoms with E-state index in [1.807, 2.05) is 18.2 Å². The number of rotatable bonds is 5. The van der Waals surface area contributed by atoms with Crippen molar-refractivity contribution in [2.45, 2.75) is 35.4 Å². The molecule has 0 saturated heterocycles. The van der Waals surface area contributed by atoms with Crippen LogP contribution in [0.15, 0.2) is 64.0 Å². The Morgan fingerprint density at radius 3 is 2.48 bits per heavy atom. The van der Waals surface area contributed by atoms with Crippen LogP contribution in [-0.4, -0.2) is 18.6 Å². The molecule has 0 atom stereocenters. The smallest absolute Gasteiger partial charge is 0.258 e. The Labute approximate surface area is 164 Å². The molecule has 0 aliphatic heterocycles. The first-order valence-corrected chi connectivity index (χ1v) is 10.1. The van der Waals surface area contributed by atoms with Gasteiger partial charge in [-0.25, -0.2) is 8.42 Å². The minimum atomic E-state index is -3.47. The van der Waals surface area contributed by atoms with Gasteiger partial charge in [0, 0.05) is 5.56 Å².